The Balaban J connectivity index is 0.921. The molecule has 4 heterocycles. The molecule has 3 aliphatic heterocycles. The number of piperidine rings is 2. The van der Waals surface area contributed by atoms with Gasteiger partial charge in [0, 0.05) is 86.9 Å². The van der Waals surface area contributed by atoms with Crippen LogP contribution in [-0.4, -0.2) is 101 Å². The number of piperazine rings is 1. The molecule has 1 aromatic heterocycles. The summed E-state index contributed by atoms with van der Waals surface area (Å²) in [6.07, 6.45) is 6.79. The van der Waals surface area contributed by atoms with Crippen molar-refractivity contribution in [2.75, 3.05) is 52.4 Å². The second-order valence-corrected chi connectivity index (χ2v) is 13.5. The number of likely N-dealkylation sites (tertiary alicyclic amines) is 2. The number of rotatable bonds is 6. The molecule has 8 nitrogen and oxygen atoms in total. The molecule has 0 bridgehead atoms. The molecule has 4 aliphatic rings. The summed E-state index contributed by atoms with van der Waals surface area (Å²) in [6.45, 7) is 6.13. The number of pyridine rings is 1. The van der Waals surface area contributed by atoms with E-state index in [1.807, 2.05) is 82.6 Å². The quantitative estimate of drug-likeness (QED) is 0.379. The minimum atomic E-state index is 0.0505. The molecule has 7 rings (SSSR count). The van der Waals surface area contributed by atoms with Crippen molar-refractivity contribution >= 4 is 17.7 Å². The van der Waals surface area contributed by atoms with Crippen LogP contribution in [0, 0.1) is 11.8 Å². The Labute approximate surface area is 272 Å². The number of aromatic nitrogens is 1. The summed E-state index contributed by atoms with van der Waals surface area (Å²) in [4.78, 5) is 53.3. The summed E-state index contributed by atoms with van der Waals surface area (Å²) in [5.41, 5.74) is 4.27. The maximum Gasteiger partial charge on any atom is 0.254 e. The van der Waals surface area contributed by atoms with Crippen LogP contribution in [-0.2, 0) is 9.59 Å². The van der Waals surface area contributed by atoms with Gasteiger partial charge in [-0.2, -0.15) is 0 Å². The third-order valence-electron chi connectivity index (χ3n) is 10.7. The van der Waals surface area contributed by atoms with E-state index in [0.29, 0.717) is 30.6 Å². The molecule has 3 saturated heterocycles. The lowest BCUT2D eigenvalue weighted by atomic mass is 9.83. The van der Waals surface area contributed by atoms with Crippen LogP contribution in [0.2, 0.25) is 0 Å². The molecule has 0 radical (unpaired) electrons. The molecule has 0 N–H and O–H groups in total. The van der Waals surface area contributed by atoms with Crippen molar-refractivity contribution < 1.29 is 14.4 Å². The predicted molar refractivity (Wildman–Crippen MR) is 179 cm³/mol. The molecule has 0 unspecified atom stereocenters. The van der Waals surface area contributed by atoms with E-state index in [9.17, 15) is 14.4 Å². The zero-order chi connectivity index (χ0) is 31.5. The van der Waals surface area contributed by atoms with E-state index in [-0.39, 0.29) is 23.7 Å². The third kappa shape index (κ3) is 6.59. The van der Waals surface area contributed by atoms with Gasteiger partial charge in [-0.25, -0.2) is 4.98 Å². The van der Waals surface area contributed by atoms with E-state index in [4.69, 9.17) is 4.98 Å². The molecule has 8 heteroatoms. The largest absolute Gasteiger partial charge is 0.342 e. The second-order valence-electron chi connectivity index (χ2n) is 13.5. The van der Waals surface area contributed by atoms with E-state index in [1.54, 1.807) is 0 Å². The first kappa shape index (κ1) is 30.6. The molecule has 0 atom stereocenters. The van der Waals surface area contributed by atoms with Crippen LogP contribution in [0.3, 0.4) is 0 Å². The van der Waals surface area contributed by atoms with Crippen LogP contribution in [0.25, 0.3) is 22.5 Å². The zero-order valence-electron chi connectivity index (χ0n) is 26.7. The zero-order valence-corrected chi connectivity index (χ0v) is 26.7. The molecular formula is C38H45N5O3. The van der Waals surface area contributed by atoms with E-state index in [0.717, 1.165) is 100 Å². The highest BCUT2D eigenvalue weighted by Crippen LogP contribution is 2.31. The maximum absolute atomic E-state index is 13.8. The Morgan fingerprint density at radius 3 is 1.50 bits per heavy atom. The number of benzene rings is 2. The van der Waals surface area contributed by atoms with Gasteiger partial charge in [-0.05, 0) is 50.7 Å². The van der Waals surface area contributed by atoms with Gasteiger partial charge in [0.1, 0.15) is 0 Å². The normalized spacial score (nSPS) is 20.4. The number of amides is 3. The van der Waals surface area contributed by atoms with Gasteiger partial charge >= 0.3 is 0 Å². The molecule has 1 aliphatic carbocycles. The van der Waals surface area contributed by atoms with E-state index >= 15 is 0 Å². The van der Waals surface area contributed by atoms with Gasteiger partial charge < -0.3 is 14.7 Å². The average Bonchev–Trinajstić information content (AvgIpc) is 3.11. The molecule has 4 fully saturated rings. The van der Waals surface area contributed by atoms with E-state index in [1.165, 1.54) is 6.42 Å². The fraction of sp³-hybridized carbons (Fsp3) is 0.474. The summed E-state index contributed by atoms with van der Waals surface area (Å²) in [5.74, 6) is 0.940. The first-order valence-electron chi connectivity index (χ1n) is 17.3. The number of hydrogen-bond acceptors (Lipinski definition) is 5. The maximum atomic E-state index is 13.8. The van der Waals surface area contributed by atoms with Crippen molar-refractivity contribution in [1.29, 1.82) is 0 Å². The lowest BCUT2D eigenvalue weighted by molar-refractivity contribution is -0.144. The Bertz CT molecular complexity index is 1460. The van der Waals surface area contributed by atoms with Gasteiger partial charge in [-0.15, -0.1) is 0 Å². The summed E-state index contributed by atoms with van der Waals surface area (Å²) in [5, 5.41) is 0. The predicted octanol–water partition coefficient (Wildman–Crippen LogP) is 5.20. The Hall–Kier alpha value is -4.04. The average molecular weight is 620 g/mol. The SMILES string of the molecule is O=C(c1cc(-c2ccccc2)nc(-c2ccccc2)c1)N1CCN(C2CCN(C(=O)C3CCN(C(=O)C4CCC4)CC3)CC2)CC1. The highest BCUT2D eigenvalue weighted by Gasteiger charge is 2.36. The topological polar surface area (TPSA) is 77.1 Å². The number of carbonyl (C=O) groups excluding carboxylic acids is 3. The Morgan fingerprint density at radius 2 is 1.02 bits per heavy atom. The first-order valence-corrected chi connectivity index (χ1v) is 17.3. The van der Waals surface area contributed by atoms with Gasteiger partial charge in [-0.1, -0.05) is 67.1 Å². The summed E-state index contributed by atoms with van der Waals surface area (Å²) < 4.78 is 0. The van der Waals surface area contributed by atoms with Crippen molar-refractivity contribution in [3.8, 4) is 22.5 Å². The summed E-state index contributed by atoms with van der Waals surface area (Å²) >= 11 is 0. The van der Waals surface area contributed by atoms with Crippen molar-refractivity contribution in [1.82, 2.24) is 24.6 Å². The van der Waals surface area contributed by atoms with Crippen LogP contribution >= 0.6 is 0 Å². The van der Waals surface area contributed by atoms with Gasteiger partial charge in [0.2, 0.25) is 11.8 Å². The Morgan fingerprint density at radius 1 is 0.543 bits per heavy atom. The van der Waals surface area contributed by atoms with Gasteiger partial charge in [0.05, 0.1) is 11.4 Å². The minimum absolute atomic E-state index is 0.0505. The Kier molecular flexibility index (Phi) is 9.15. The molecule has 0 spiro atoms. The molecule has 46 heavy (non-hydrogen) atoms. The molecule has 1 saturated carbocycles. The van der Waals surface area contributed by atoms with Crippen molar-refractivity contribution in [3.05, 3.63) is 78.4 Å². The van der Waals surface area contributed by atoms with Crippen molar-refractivity contribution in [3.63, 3.8) is 0 Å². The van der Waals surface area contributed by atoms with Crippen molar-refractivity contribution in [2.45, 2.75) is 51.0 Å². The molecule has 3 aromatic rings. The van der Waals surface area contributed by atoms with Crippen LogP contribution in [0.1, 0.15) is 55.3 Å². The third-order valence-corrected chi connectivity index (χ3v) is 10.7. The second kappa shape index (κ2) is 13.8. The number of carbonyl (C=O) groups is 3. The van der Waals surface area contributed by atoms with E-state index in [2.05, 4.69) is 9.80 Å². The van der Waals surface area contributed by atoms with Crippen LogP contribution in [0.4, 0.5) is 0 Å². The van der Waals surface area contributed by atoms with Gasteiger partial charge in [0.25, 0.3) is 5.91 Å². The fourth-order valence-electron chi connectivity index (χ4n) is 7.61. The molecule has 3 amide bonds. The lowest BCUT2D eigenvalue weighted by Gasteiger charge is -2.43. The molecule has 2 aromatic carbocycles. The highest BCUT2D eigenvalue weighted by molar-refractivity contribution is 5.96. The van der Waals surface area contributed by atoms with Crippen LogP contribution < -0.4 is 0 Å². The highest BCUT2D eigenvalue weighted by atomic mass is 16.2. The van der Waals surface area contributed by atoms with Crippen LogP contribution in [0.5, 0.6) is 0 Å². The fourth-order valence-corrected chi connectivity index (χ4v) is 7.61. The number of nitrogens with zero attached hydrogens (tertiary/aromatic N) is 5. The molecule has 240 valence electrons. The van der Waals surface area contributed by atoms with Gasteiger partial charge in [-0.3, -0.25) is 19.3 Å². The van der Waals surface area contributed by atoms with Crippen LogP contribution in [0.15, 0.2) is 72.8 Å². The smallest absolute Gasteiger partial charge is 0.254 e. The van der Waals surface area contributed by atoms with Gasteiger partial charge in [0.15, 0.2) is 0 Å². The lowest BCUT2D eigenvalue weighted by Crippen LogP contribution is -2.55. The summed E-state index contributed by atoms with van der Waals surface area (Å²) in [6, 6.07) is 24.4. The monoisotopic (exact) mass is 619 g/mol. The van der Waals surface area contributed by atoms with E-state index < -0.39 is 0 Å². The summed E-state index contributed by atoms with van der Waals surface area (Å²) in [7, 11) is 0. The first-order chi connectivity index (χ1) is 22.5. The van der Waals surface area contributed by atoms with Crippen molar-refractivity contribution in [2.24, 2.45) is 11.8 Å². The number of hydrogen-bond donors (Lipinski definition) is 0. The molecular weight excluding hydrogens is 574 g/mol. The minimum Gasteiger partial charge on any atom is -0.342 e. The standard InChI is InChI=1S/C38H45N5O3/c44-36(30-12-7-13-30)41-18-14-31(15-19-41)37(45)42-20-16-33(17-21-42)40-22-24-43(25-23-40)38(46)32-26-34(28-8-3-1-4-9-28)39-35(27-32)29-10-5-2-6-11-29/h1-6,8-11,26-27,30-31,33H,7,12-25H2.